The average molecular weight is 377 g/mol. The predicted octanol–water partition coefficient (Wildman–Crippen LogP) is 5.31. The van der Waals surface area contributed by atoms with Crippen LogP contribution >= 0.6 is 0 Å². The molecule has 0 unspecified atom stereocenters. The average Bonchev–Trinajstić information content (AvgIpc) is 3.17. The fraction of sp³-hybridized carbons (Fsp3) is 0.391. The predicted molar refractivity (Wildman–Crippen MR) is 112 cm³/mol. The summed E-state index contributed by atoms with van der Waals surface area (Å²) >= 11 is 0. The summed E-state index contributed by atoms with van der Waals surface area (Å²) in [6, 6.07) is 11.7. The van der Waals surface area contributed by atoms with Crippen molar-refractivity contribution in [3.8, 4) is 17.0 Å². The zero-order valence-corrected chi connectivity index (χ0v) is 16.4. The lowest BCUT2D eigenvalue weighted by atomic mass is 9.86. The maximum Gasteiger partial charge on any atom is 0.224 e. The lowest BCUT2D eigenvalue weighted by molar-refractivity contribution is -0.116. The summed E-state index contributed by atoms with van der Waals surface area (Å²) in [6.07, 6.45) is 12.0. The van der Waals surface area contributed by atoms with Gasteiger partial charge in [-0.05, 0) is 42.7 Å². The first-order valence-corrected chi connectivity index (χ1v) is 10.1. The molecule has 0 spiro atoms. The minimum absolute atomic E-state index is 0.0519. The number of carbonyl (C=O) groups is 1. The van der Waals surface area contributed by atoms with E-state index >= 15 is 0 Å². The number of hydrogen-bond donors (Lipinski definition) is 1. The highest BCUT2D eigenvalue weighted by atomic mass is 16.5. The minimum atomic E-state index is 0.0519. The second-order valence-corrected chi connectivity index (χ2v) is 7.60. The number of hydrogen-bond acceptors (Lipinski definition) is 3. The molecule has 2 heterocycles. The number of amides is 1. The third kappa shape index (κ3) is 4.19. The number of imidazole rings is 1. The van der Waals surface area contributed by atoms with E-state index < -0.39 is 0 Å². The quantitative estimate of drug-likeness (QED) is 0.633. The summed E-state index contributed by atoms with van der Waals surface area (Å²) in [4.78, 5) is 17.2. The topological polar surface area (TPSA) is 55.6 Å². The van der Waals surface area contributed by atoms with Crippen molar-refractivity contribution in [1.29, 1.82) is 0 Å². The van der Waals surface area contributed by atoms with Gasteiger partial charge in [0.05, 0.1) is 18.5 Å². The van der Waals surface area contributed by atoms with E-state index in [1.165, 1.54) is 32.1 Å². The monoisotopic (exact) mass is 377 g/mol. The molecule has 1 aliphatic carbocycles. The van der Waals surface area contributed by atoms with Gasteiger partial charge < -0.3 is 14.5 Å². The molecule has 5 nitrogen and oxygen atoms in total. The molecule has 0 saturated heterocycles. The number of pyridine rings is 1. The van der Waals surface area contributed by atoms with E-state index in [2.05, 4.69) is 10.3 Å². The summed E-state index contributed by atoms with van der Waals surface area (Å²) in [5, 5.41) is 3.05. The van der Waals surface area contributed by atoms with Gasteiger partial charge in [-0.15, -0.1) is 0 Å². The van der Waals surface area contributed by atoms with Crippen LogP contribution in [0, 0.1) is 5.92 Å². The molecule has 28 heavy (non-hydrogen) atoms. The summed E-state index contributed by atoms with van der Waals surface area (Å²) in [6.45, 7) is 0. The van der Waals surface area contributed by atoms with Crippen LogP contribution in [0.3, 0.4) is 0 Å². The molecular formula is C23H27N3O2. The van der Waals surface area contributed by atoms with Gasteiger partial charge in [-0.2, -0.15) is 0 Å². The summed E-state index contributed by atoms with van der Waals surface area (Å²) in [5.74, 6) is 1.42. The number of ether oxygens (including phenoxy) is 1. The van der Waals surface area contributed by atoms with Gasteiger partial charge in [0, 0.05) is 24.4 Å². The van der Waals surface area contributed by atoms with E-state index in [0.717, 1.165) is 23.3 Å². The van der Waals surface area contributed by atoms with Crippen LogP contribution in [0.1, 0.15) is 44.9 Å². The first-order valence-electron chi connectivity index (χ1n) is 10.1. The van der Waals surface area contributed by atoms with E-state index in [4.69, 9.17) is 4.74 Å². The van der Waals surface area contributed by atoms with Crippen molar-refractivity contribution in [1.82, 2.24) is 9.38 Å². The molecule has 5 heteroatoms. The summed E-state index contributed by atoms with van der Waals surface area (Å²) in [7, 11) is 1.62. The molecule has 1 aliphatic rings. The Bertz CT molecular complexity index is 924. The zero-order chi connectivity index (χ0) is 19.3. The lowest BCUT2D eigenvalue weighted by Crippen LogP contribution is -2.15. The Labute approximate surface area is 165 Å². The molecule has 1 fully saturated rings. The van der Waals surface area contributed by atoms with Crippen LogP contribution in [-0.4, -0.2) is 22.4 Å². The molecule has 0 aliphatic heterocycles. The van der Waals surface area contributed by atoms with Gasteiger partial charge in [0.1, 0.15) is 11.4 Å². The Morgan fingerprint density at radius 1 is 1.21 bits per heavy atom. The van der Waals surface area contributed by atoms with Gasteiger partial charge in [-0.3, -0.25) is 4.79 Å². The molecule has 3 aromatic rings. The number of fused-ring (bicyclic) bond motifs is 1. The van der Waals surface area contributed by atoms with Gasteiger partial charge in [-0.1, -0.05) is 38.2 Å². The summed E-state index contributed by atoms with van der Waals surface area (Å²) in [5.41, 5.74) is 3.41. The molecular weight excluding hydrogens is 350 g/mol. The fourth-order valence-electron chi connectivity index (χ4n) is 4.06. The Morgan fingerprint density at radius 2 is 2.07 bits per heavy atom. The Hall–Kier alpha value is -2.82. The van der Waals surface area contributed by atoms with Crippen LogP contribution in [0.5, 0.6) is 5.75 Å². The van der Waals surface area contributed by atoms with E-state index in [1.54, 1.807) is 7.11 Å². The van der Waals surface area contributed by atoms with Crippen molar-refractivity contribution in [2.75, 3.05) is 12.4 Å². The van der Waals surface area contributed by atoms with Crippen LogP contribution < -0.4 is 10.1 Å². The highest BCUT2D eigenvalue weighted by Gasteiger charge is 2.16. The molecule has 146 valence electrons. The number of methoxy groups -OCH3 is 1. The first kappa shape index (κ1) is 18.5. The molecule has 1 saturated carbocycles. The zero-order valence-electron chi connectivity index (χ0n) is 16.4. The molecule has 0 bridgehead atoms. The van der Waals surface area contributed by atoms with Crippen molar-refractivity contribution in [2.45, 2.75) is 44.9 Å². The van der Waals surface area contributed by atoms with Crippen LogP contribution in [0.25, 0.3) is 16.9 Å². The van der Waals surface area contributed by atoms with Gasteiger partial charge >= 0.3 is 0 Å². The third-order valence-corrected chi connectivity index (χ3v) is 5.64. The van der Waals surface area contributed by atoms with Crippen molar-refractivity contribution < 1.29 is 9.53 Å². The molecule has 4 rings (SSSR count). The van der Waals surface area contributed by atoms with E-state index in [1.807, 2.05) is 53.2 Å². The SMILES string of the molecule is COc1ccc(-c2cn3ccccc3n2)cc1NC(=O)CCC1CCCCC1. The standard InChI is InChI=1S/C23H27N3O2/c1-28-21-12-11-18(20-16-26-14-6-5-9-22(26)24-20)15-19(21)25-23(27)13-10-17-7-3-2-4-8-17/h5-6,9,11-12,14-17H,2-4,7-8,10,13H2,1H3,(H,25,27). The van der Waals surface area contributed by atoms with E-state index in [9.17, 15) is 4.79 Å². The molecule has 0 radical (unpaired) electrons. The second-order valence-electron chi connectivity index (χ2n) is 7.60. The van der Waals surface area contributed by atoms with Crippen LogP contribution in [0.15, 0.2) is 48.8 Å². The molecule has 0 atom stereocenters. The van der Waals surface area contributed by atoms with Crippen molar-refractivity contribution >= 4 is 17.2 Å². The van der Waals surface area contributed by atoms with Crippen LogP contribution in [-0.2, 0) is 4.79 Å². The maximum absolute atomic E-state index is 12.5. The van der Waals surface area contributed by atoms with Gasteiger partial charge in [0.15, 0.2) is 0 Å². The second kappa shape index (κ2) is 8.46. The van der Waals surface area contributed by atoms with Crippen molar-refractivity contribution in [3.05, 3.63) is 48.8 Å². The Kier molecular flexibility index (Phi) is 5.60. The third-order valence-electron chi connectivity index (χ3n) is 5.64. The Balaban J connectivity index is 1.49. The lowest BCUT2D eigenvalue weighted by Gasteiger charge is -2.21. The smallest absolute Gasteiger partial charge is 0.224 e. The largest absolute Gasteiger partial charge is 0.495 e. The number of benzene rings is 1. The number of nitrogens with one attached hydrogen (secondary N) is 1. The van der Waals surface area contributed by atoms with Crippen LogP contribution in [0.2, 0.25) is 0 Å². The fourth-order valence-corrected chi connectivity index (χ4v) is 4.06. The van der Waals surface area contributed by atoms with Crippen molar-refractivity contribution in [3.63, 3.8) is 0 Å². The molecule has 1 aromatic carbocycles. The molecule has 2 aromatic heterocycles. The van der Waals surface area contributed by atoms with E-state index in [0.29, 0.717) is 23.8 Å². The molecule has 1 amide bonds. The Morgan fingerprint density at radius 3 is 2.86 bits per heavy atom. The number of rotatable bonds is 6. The first-order chi connectivity index (χ1) is 13.7. The minimum Gasteiger partial charge on any atom is -0.495 e. The van der Waals surface area contributed by atoms with Gasteiger partial charge in [0.25, 0.3) is 0 Å². The van der Waals surface area contributed by atoms with E-state index in [-0.39, 0.29) is 5.91 Å². The number of nitrogens with zero attached hydrogens (tertiary/aromatic N) is 2. The maximum atomic E-state index is 12.5. The summed E-state index contributed by atoms with van der Waals surface area (Å²) < 4.78 is 7.44. The number of aromatic nitrogens is 2. The highest BCUT2D eigenvalue weighted by molar-refractivity contribution is 5.93. The highest BCUT2D eigenvalue weighted by Crippen LogP contribution is 2.31. The van der Waals surface area contributed by atoms with Gasteiger partial charge in [0.2, 0.25) is 5.91 Å². The normalized spacial score (nSPS) is 14.9. The number of carbonyl (C=O) groups excluding carboxylic acids is 1. The molecule has 1 N–H and O–H groups in total. The van der Waals surface area contributed by atoms with Gasteiger partial charge in [-0.25, -0.2) is 4.98 Å². The van der Waals surface area contributed by atoms with Crippen LogP contribution in [0.4, 0.5) is 5.69 Å². The van der Waals surface area contributed by atoms with Crippen molar-refractivity contribution in [2.24, 2.45) is 5.92 Å². The number of anilines is 1.